The number of carbonyl (C=O) groups is 1. The molecule has 0 bridgehead atoms. The summed E-state index contributed by atoms with van der Waals surface area (Å²) < 4.78 is 11.1. The van der Waals surface area contributed by atoms with Gasteiger partial charge in [0.05, 0.1) is 14.2 Å². The average molecular weight is 503 g/mol. The highest BCUT2D eigenvalue weighted by atomic mass is 32.2. The van der Waals surface area contributed by atoms with E-state index in [2.05, 4.69) is 48.6 Å². The van der Waals surface area contributed by atoms with Crippen molar-refractivity contribution in [1.29, 1.82) is 0 Å². The number of nitrogens with zero attached hydrogens (tertiary/aromatic N) is 6. The summed E-state index contributed by atoms with van der Waals surface area (Å²) in [6.07, 6.45) is 6.22. The number of aromatic nitrogens is 4. The SMILES string of the molecule is C=CC(=O)Nc1cc(N)nc(Sc2c(OC)nc(N3CCN(CCCCCC)CC3)nc2OC)n1. The molecule has 0 unspecified atom stereocenters. The number of amides is 1. The number of unbranched alkanes of at least 4 members (excludes halogenated alkanes) is 3. The Labute approximate surface area is 210 Å². The molecule has 2 aromatic rings. The Hall–Kier alpha value is -3.12. The number of anilines is 3. The predicted octanol–water partition coefficient (Wildman–Crippen LogP) is 2.84. The van der Waals surface area contributed by atoms with E-state index in [-0.39, 0.29) is 16.8 Å². The second-order valence-electron chi connectivity index (χ2n) is 8.02. The molecular formula is C23H34N8O3S. The van der Waals surface area contributed by atoms with Crippen molar-refractivity contribution in [2.45, 2.75) is 42.7 Å². The van der Waals surface area contributed by atoms with E-state index in [0.717, 1.165) is 50.6 Å². The number of methoxy groups -OCH3 is 2. The van der Waals surface area contributed by atoms with Crippen LogP contribution in [-0.2, 0) is 4.79 Å². The van der Waals surface area contributed by atoms with E-state index in [1.807, 2.05) is 0 Å². The summed E-state index contributed by atoms with van der Waals surface area (Å²) in [5, 5.41) is 2.87. The topological polar surface area (TPSA) is 132 Å². The normalized spacial score (nSPS) is 14.0. The van der Waals surface area contributed by atoms with Crippen molar-refractivity contribution in [2.24, 2.45) is 0 Å². The standard InChI is InChI=1S/C23H34N8O3S/c1-5-7-8-9-10-30-11-13-31(14-12-30)22-28-20(33-3)19(21(29-22)34-4)35-23-25-16(24)15-17(27-23)26-18(32)6-2/h6,15H,2,5,7-14H2,1,3-4H3,(H3,24,25,26,27,32). The molecule has 35 heavy (non-hydrogen) atoms. The third-order valence-electron chi connectivity index (χ3n) is 5.52. The minimum absolute atomic E-state index is 0.199. The van der Waals surface area contributed by atoms with E-state index >= 15 is 0 Å². The van der Waals surface area contributed by atoms with Crippen LogP contribution in [-0.4, -0.2) is 77.7 Å². The van der Waals surface area contributed by atoms with Crippen LogP contribution in [0.5, 0.6) is 11.8 Å². The number of carbonyl (C=O) groups excluding carboxylic acids is 1. The first-order valence-electron chi connectivity index (χ1n) is 11.7. The number of hydrogen-bond acceptors (Lipinski definition) is 11. The zero-order chi connectivity index (χ0) is 25.2. The number of nitrogens with one attached hydrogen (secondary N) is 1. The molecule has 1 aliphatic rings. The Morgan fingerprint density at radius 1 is 1.11 bits per heavy atom. The molecule has 1 aliphatic heterocycles. The largest absolute Gasteiger partial charge is 0.480 e. The van der Waals surface area contributed by atoms with Gasteiger partial charge in [0.15, 0.2) is 5.16 Å². The second-order valence-corrected chi connectivity index (χ2v) is 8.99. The van der Waals surface area contributed by atoms with Gasteiger partial charge in [-0.25, -0.2) is 9.97 Å². The first-order chi connectivity index (χ1) is 17.0. The fraction of sp³-hybridized carbons (Fsp3) is 0.522. The van der Waals surface area contributed by atoms with Crippen molar-refractivity contribution in [3.63, 3.8) is 0 Å². The number of ether oxygens (including phenoxy) is 2. The number of piperazine rings is 1. The molecule has 190 valence electrons. The summed E-state index contributed by atoms with van der Waals surface area (Å²) in [5.74, 6) is 1.31. The van der Waals surface area contributed by atoms with Gasteiger partial charge in [-0.05, 0) is 30.8 Å². The van der Waals surface area contributed by atoms with Crippen LogP contribution < -0.4 is 25.4 Å². The Balaban J connectivity index is 1.75. The molecule has 3 heterocycles. The van der Waals surface area contributed by atoms with Crippen LogP contribution in [0.2, 0.25) is 0 Å². The number of nitrogen functional groups attached to an aromatic ring is 1. The van der Waals surface area contributed by atoms with E-state index in [1.54, 1.807) is 14.2 Å². The lowest BCUT2D eigenvalue weighted by molar-refractivity contribution is -0.111. The van der Waals surface area contributed by atoms with Crippen molar-refractivity contribution in [3.05, 3.63) is 18.7 Å². The first-order valence-corrected chi connectivity index (χ1v) is 12.5. The summed E-state index contributed by atoms with van der Waals surface area (Å²) in [6, 6.07) is 1.46. The van der Waals surface area contributed by atoms with Crippen LogP contribution in [0.4, 0.5) is 17.6 Å². The fourth-order valence-corrected chi connectivity index (χ4v) is 4.57. The van der Waals surface area contributed by atoms with Gasteiger partial charge in [-0.15, -0.1) is 0 Å². The molecule has 3 rings (SSSR count). The second kappa shape index (κ2) is 13.1. The Bertz CT molecular complexity index is 989. The molecule has 1 saturated heterocycles. The maximum Gasteiger partial charge on any atom is 0.248 e. The van der Waals surface area contributed by atoms with Crippen molar-refractivity contribution in [1.82, 2.24) is 24.8 Å². The van der Waals surface area contributed by atoms with E-state index in [9.17, 15) is 4.79 Å². The Morgan fingerprint density at radius 2 is 1.80 bits per heavy atom. The average Bonchev–Trinajstić information content (AvgIpc) is 2.86. The van der Waals surface area contributed by atoms with Crippen LogP contribution in [0.3, 0.4) is 0 Å². The molecule has 0 aromatic carbocycles. The predicted molar refractivity (Wildman–Crippen MR) is 137 cm³/mol. The molecule has 0 radical (unpaired) electrons. The minimum Gasteiger partial charge on any atom is -0.480 e. The highest BCUT2D eigenvalue weighted by Gasteiger charge is 2.24. The van der Waals surface area contributed by atoms with Gasteiger partial charge in [-0.2, -0.15) is 9.97 Å². The summed E-state index contributed by atoms with van der Waals surface area (Å²) in [6.45, 7) is 10.4. The van der Waals surface area contributed by atoms with Crippen molar-refractivity contribution >= 4 is 35.3 Å². The summed E-state index contributed by atoms with van der Waals surface area (Å²) in [7, 11) is 3.08. The molecule has 0 spiro atoms. The molecule has 0 aliphatic carbocycles. The van der Waals surface area contributed by atoms with E-state index in [1.165, 1.54) is 31.7 Å². The minimum atomic E-state index is -0.400. The molecule has 0 saturated carbocycles. The summed E-state index contributed by atoms with van der Waals surface area (Å²) in [4.78, 5) is 34.6. The number of rotatable bonds is 12. The lowest BCUT2D eigenvalue weighted by Gasteiger charge is -2.35. The van der Waals surface area contributed by atoms with Gasteiger partial charge in [0.25, 0.3) is 0 Å². The van der Waals surface area contributed by atoms with Crippen LogP contribution in [0.1, 0.15) is 32.6 Å². The van der Waals surface area contributed by atoms with Crippen molar-refractivity contribution < 1.29 is 14.3 Å². The zero-order valence-corrected chi connectivity index (χ0v) is 21.4. The van der Waals surface area contributed by atoms with Gasteiger partial charge in [0.1, 0.15) is 16.5 Å². The van der Waals surface area contributed by atoms with Gasteiger partial charge >= 0.3 is 0 Å². The monoisotopic (exact) mass is 502 g/mol. The Morgan fingerprint density at radius 3 is 2.40 bits per heavy atom. The van der Waals surface area contributed by atoms with Crippen LogP contribution in [0.25, 0.3) is 0 Å². The molecule has 1 fully saturated rings. The van der Waals surface area contributed by atoms with Crippen LogP contribution >= 0.6 is 11.8 Å². The lowest BCUT2D eigenvalue weighted by Crippen LogP contribution is -2.47. The van der Waals surface area contributed by atoms with Gasteiger partial charge in [0.2, 0.25) is 23.6 Å². The van der Waals surface area contributed by atoms with Gasteiger partial charge in [0, 0.05) is 32.2 Å². The third-order valence-corrected chi connectivity index (χ3v) is 6.44. The smallest absolute Gasteiger partial charge is 0.248 e. The quantitative estimate of drug-likeness (QED) is 0.252. The molecule has 3 N–H and O–H groups in total. The highest BCUT2D eigenvalue weighted by molar-refractivity contribution is 7.99. The van der Waals surface area contributed by atoms with E-state index < -0.39 is 5.91 Å². The van der Waals surface area contributed by atoms with Crippen LogP contribution in [0, 0.1) is 0 Å². The van der Waals surface area contributed by atoms with Gasteiger partial charge in [-0.3, -0.25) is 9.69 Å². The molecule has 11 nitrogen and oxygen atoms in total. The molecule has 12 heteroatoms. The number of hydrogen-bond donors (Lipinski definition) is 2. The molecule has 1 amide bonds. The Kier molecular flexibility index (Phi) is 9.91. The molecule has 2 aromatic heterocycles. The van der Waals surface area contributed by atoms with Gasteiger partial charge in [-0.1, -0.05) is 32.8 Å². The lowest BCUT2D eigenvalue weighted by atomic mass is 10.2. The van der Waals surface area contributed by atoms with Crippen LogP contribution in [0.15, 0.2) is 28.8 Å². The molecular weight excluding hydrogens is 468 g/mol. The summed E-state index contributed by atoms with van der Waals surface area (Å²) in [5.41, 5.74) is 5.90. The zero-order valence-electron chi connectivity index (χ0n) is 20.6. The van der Waals surface area contributed by atoms with E-state index in [4.69, 9.17) is 15.2 Å². The van der Waals surface area contributed by atoms with E-state index in [0.29, 0.717) is 22.6 Å². The fourth-order valence-electron chi connectivity index (χ4n) is 3.66. The number of nitrogens with two attached hydrogens (primary N) is 1. The maximum absolute atomic E-state index is 11.6. The van der Waals surface area contributed by atoms with Gasteiger partial charge < -0.3 is 25.4 Å². The first kappa shape index (κ1) is 26.5. The summed E-state index contributed by atoms with van der Waals surface area (Å²) >= 11 is 1.14. The highest BCUT2D eigenvalue weighted by Crippen LogP contribution is 2.40. The molecule has 0 atom stereocenters. The van der Waals surface area contributed by atoms with Crippen molar-refractivity contribution in [3.8, 4) is 11.8 Å². The third kappa shape index (κ3) is 7.43. The van der Waals surface area contributed by atoms with Crippen molar-refractivity contribution in [2.75, 3.05) is 62.9 Å². The maximum atomic E-state index is 11.6.